The summed E-state index contributed by atoms with van der Waals surface area (Å²) in [6.45, 7) is 0.757. The summed E-state index contributed by atoms with van der Waals surface area (Å²) in [6, 6.07) is 14.7. The molecule has 140 valence electrons. The SMILES string of the molecule is COc1cc(C(=S)NCc2ccco2)cc(Cl)c1OCc1ccccc1Cl. The van der Waals surface area contributed by atoms with Crippen LogP contribution in [0.5, 0.6) is 11.5 Å². The van der Waals surface area contributed by atoms with Gasteiger partial charge in [0.05, 0.1) is 24.9 Å². The maximum absolute atomic E-state index is 6.42. The van der Waals surface area contributed by atoms with E-state index in [1.807, 2.05) is 36.4 Å². The molecule has 0 fully saturated rings. The van der Waals surface area contributed by atoms with E-state index in [1.165, 1.54) is 0 Å². The summed E-state index contributed by atoms with van der Waals surface area (Å²) in [5.41, 5.74) is 1.58. The van der Waals surface area contributed by atoms with Gasteiger partial charge in [0.2, 0.25) is 0 Å². The van der Waals surface area contributed by atoms with Gasteiger partial charge in [0.25, 0.3) is 0 Å². The third kappa shape index (κ3) is 4.95. The summed E-state index contributed by atoms with van der Waals surface area (Å²) >= 11 is 18.0. The topological polar surface area (TPSA) is 43.6 Å². The fourth-order valence-electron chi connectivity index (χ4n) is 2.44. The van der Waals surface area contributed by atoms with Gasteiger partial charge in [-0.05, 0) is 30.3 Å². The summed E-state index contributed by atoms with van der Waals surface area (Å²) < 4.78 is 16.6. The molecule has 27 heavy (non-hydrogen) atoms. The summed E-state index contributed by atoms with van der Waals surface area (Å²) in [6.07, 6.45) is 1.62. The number of halogens is 2. The van der Waals surface area contributed by atoms with Crippen molar-refractivity contribution in [2.45, 2.75) is 13.2 Å². The minimum absolute atomic E-state index is 0.274. The monoisotopic (exact) mass is 421 g/mol. The third-order valence-electron chi connectivity index (χ3n) is 3.82. The molecule has 7 heteroatoms. The number of ether oxygens (including phenoxy) is 2. The number of thiocarbonyl (C=S) groups is 1. The third-order valence-corrected chi connectivity index (χ3v) is 4.85. The molecule has 0 bridgehead atoms. The van der Waals surface area contributed by atoms with Crippen LogP contribution in [0.25, 0.3) is 0 Å². The van der Waals surface area contributed by atoms with Crippen LogP contribution in [0.1, 0.15) is 16.9 Å². The maximum Gasteiger partial charge on any atom is 0.180 e. The van der Waals surface area contributed by atoms with Gasteiger partial charge in [-0.1, -0.05) is 53.6 Å². The zero-order valence-electron chi connectivity index (χ0n) is 14.5. The summed E-state index contributed by atoms with van der Waals surface area (Å²) in [4.78, 5) is 0.532. The van der Waals surface area contributed by atoms with E-state index in [0.29, 0.717) is 33.1 Å². The second kappa shape index (κ2) is 9.13. The highest BCUT2D eigenvalue weighted by atomic mass is 35.5. The summed E-state index contributed by atoms with van der Waals surface area (Å²) in [5.74, 6) is 1.72. The predicted octanol–water partition coefficient (Wildman–Crippen LogP) is 5.64. The van der Waals surface area contributed by atoms with E-state index in [0.717, 1.165) is 16.9 Å². The lowest BCUT2D eigenvalue weighted by atomic mass is 10.2. The normalized spacial score (nSPS) is 10.5. The Hall–Kier alpha value is -2.21. The van der Waals surface area contributed by atoms with Gasteiger partial charge in [0.1, 0.15) is 17.4 Å². The average Bonchev–Trinajstić information content (AvgIpc) is 3.19. The van der Waals surface area contributed by atoms with E-state index in [2.05, 4.69) is 5.32 Å². The Balaban J connectivity index is 1.74. The first-order valence-corrected chi connectivity index (χ1v) is 9.29. The van der Waals surface area contributed by atoms with Crippen LogP contribution < -0.4 is 14.8 Å². The molecule has 0 aliphatic rings. The molecule has 1 heterocycles. The Morgan fingerprint density at radius 1 is 1.11 bits per heavy atom. The lowest BCUT2D eigenvalue weighted by Gasteiger charge is -2.15. The molecule has 0 spiro atoms. The Morgan fingerprint density at radius 3 is 2.63 bits per heavy atom. The molecule has 0 radical (unpaired) electrons. The number of furan rings is 1. The minimum atomic E-state index is 0.274. The van der Waals surface area contributed by atoms with Crippen LogP contribution in [0.3, 0.4) is 0 Å². The molecule has 0 saturated carbocycles. The molecule has 1 aromatic heterocycles. The fraction of sp³-hybridized carbons (Fsp3) is 0.150. The van der Waals surface area contributed by atoms with E-state index in [9.17, 15) is 0 Å². The molecule has 0 saturated heterocycles. The second-order valence-electron chi connectivity index (χ2n) is 5.63. The van der Waals surface area contributed by atoms with Gasteiger partial charge >= 0.3 is 0 Å². The number of hydrogen-bond donors (Lipinski definition) is 1. The van der Waals surface area contributed by atoms with Crippen LogP contribution in [0.4, 0.5) is 0 Å². The molecule has 3 aromatic rings. The molecular formula is C20H17Cl2NO3S. The molecule has 0 aliphatic carbocycles. The first-order chi connectivity index (χ1) is 13.1. The Bertz CT molecular complexity index is 929. The molecule has 0 unspecified atom stereocenters. The Morgan fingerprint density at radius 2 is 1.93 bits per heavy atom. The number of methoxy groups -OCH3 is 1. The fourth-order valence-corrected chi connectivity index (χ4v) is 3.08. The van der Waals surface area contributed by atoms with Gasteiger partial charge in [-0.15, -0.1) is 0 Å². The van der Waals surface area contributed by atoms with Crippen molar-refractivity contribution in [3.8, 4) is 11.5 Å². The van der Waals surface area contributed by atoms with Crippen molar-refractivity contribution in [3.63, 3.8) is 0 Å². The predicted molar refractivity (Wildman–Crippen MR) is 111 cm³/mol. The lowest BCUT2D eigenvalue weighted by molar-refractivity contribution is 0.285. The quantitative estimate of drug-likeness (QED) is 0.500. The molecule has 4 nitrogen and oxygen atoms in total. The summed E-state index contributed by atoms with van der Waals surface area (Å²) in [5, 5.41) is 4.16. The van der Waals surface area contributed by atoms with Crippen molar-refractivity contribution in [2.75, 3.05) is 7.11 Å². The van der Waals surface area contributed by atoms with Gasteiger partial charge < -0.3 is 19.2 Å². The van der Waals surface area contributed by atoms with Gasteiger partial charge in [0, 0.05) is 16.1 Å². The summed E-state index contributed by atoms with van der Waals surface area (Å²) in [7, 11) is 1.55. The standard InChI is InChI=1S/C20H17Cl2NO3S/c1-24-18-10-14(20(27)23-11-15-6-4-8-25-15)9-17(22)19(18)26-12-13-5-2-3-7-16(13)21/h2-10H,11-12H2,1H3,(H,23,27). The Labute approximate surface area is 173 Å². The van der Waals surface area contributed by atoms with E-state index in [1.54, 1.807) is 25.5 Å². The molecular weight excluding hydrogens is 405 g/mol. The largest absolute Gasteiger partial charge is 0.493 e. The van der Waals surface area contributed by atoms with Gasteiger partial charge in [-0.3, -0.25) is 0 Å². The van der Waals surface area contributed by atoms with Crippen LogP contribution in [-0.4, -0.2) is 12.1 Å². The molecule has 0 aliphatic heterocycles. The van der Waals surface area contributed by atoms with Gasteiger partial charge in [0.15, 0.2) is 11.5 Å². The lowest BCUT2D eigenvalue weighted by Crippen LogP contribution is -2.21. The zero-order valence-corrected chi connectivity index (χ0v) is 16.8. The number of nitrogens with one attached hydrogen (secondary N) is 1. The van der Waals surface area contributed by atoms with E-state index in [-0.39, 0.29) is 6.61 Å². The molecule has 2 aromatic carbocycles. The van der Waals surface area contributed by atoms with Crippen LogP contribution in [-0.2, 0) is 13.2 Å². The van der Waals surface area contributed by atoms with Crippen molar-refractivity contribution in [1.82, 2.24) is 5.32 Å². The highest BCUT2D eigenvalue weighted by Crippen LogP contribution is 2.37. The van der Waals surface area contributed by atoms with Crippen molar-refractivity contribution in [1.29, 1.82) is 0 Å². The van der Waals surface area contributed by atoms with E-state index >= 15 is 0 Å². The van der Waals surface area contributed by atoms with E-state index in [4.69, 9.17) is 49.3 Å². The van der Waals surface area contributed by atoms with Gasteiger partial charge in [-0.25, -0.2) is 0 Å². The average molecular weight is 422 g/mol. The van der Waals surface area contributed by atoms with Crippen LogP contribution in [0.15, 0.2) is 59.2 Å². The number of hydrogen-bond acceptors (Lipinski definition) is 4. The van der Waals surface area contributed by atoms with E-state index < -0.39 is 0 Å². The zero-order chi connectivity index (χ0) is 19.2. The number of benzene rings is 2. The van der Waals surface area contributed by atoms with Crippen LogP contribution >= 0.6 is 35.4 Å². The highest BCUT2D eigenvalue weighted by molar-refractivity contribution is 7.80. The number of rotatable bonds is 7. The van der Waals surface area contributed by atoms with Crippen LogP contribution in [0, 0.1) is 0 Å². The van der Waals surface area contributed by atoms with Crippen molar-refractivity contribution >= 4 is 40.4 Å². The molecule has 0 atom stereocenters. The molecule has 0 amide bonds. The molecule has 1 N–H and O–H groups in total. The van der Waals surface area contributed by atoms with Gasteiger partial charge in [-0.2, -0.15) is 0 Å². The van der Waals surface area contributed by atoms with Crippen LogP contribution in [0.2, 0.25) is 10.0 Å². The van der Waals surface area contributed by atoms with Crippen molar-refractivity contribution in [3.05, 3.63) is 81.7 Å². The first-order valence-electron chi connectivity index (χ1n) is 8.13. The maximum atomic E-state index is 6.42. The molecule has 3 rings (SSSR count). The van der Waals surface area contributed by atoms with Crippen molar-refractivity contribution in [2.24, 2.45) is 0 Å². The Kier molecular flexibility index (Phi) is 6.61. The smallest absolute Gasteiger partial charge is 0.180 e. The first kappa shape index (κ1) is 19.5. The van der Waals surface area contributed by atoms with Crippen molar-refractivity contribution < 1.29 is 13.9 Å². The minimum Gasteiger partial charge on any atom is -0.493 e. The highest BCUT2D eigenvalue weighted by Gasteiger charge is 2.15. The second-order valence-corrected chi connectivity index (χ2v) is 6.85.